The number of nitrogens with zero attached hydrogens (tertiary/aromatic N) is 2. The highest BCUT2D eigenvalue weighted by molar-refractivity contribution is 5.78. The van der Waals surface area contributed by atoms with E-state index in [0.717, 1.165) is 6.42 Å². The normalized spacial score (nSPS) is 10.6. The van der Waals surface area contributed by atoms with Crippen LogP contribution in [0.4, 0.5) is 0 Å². The Morgan fingerprint density at radius 2 is 1.96 bits per heavy atom. The molecule has 0 unspecified atom stereocenters. The van der Waals surface area contributed by atoms with Gasteiger partial charge in [0.1, 0.15) is 6.54 Å². The van der Waals surface area contributed by atoms with Gasteiger partial charge in [0.15, 0.2) is 0 Å². The van der Waals surface area contributed by atoms with E-state index >= 15 is 0 Å². The van der Waals surface area contributed by atoms with Crippen LogP contribution in [0.25, 0.3) is 10.9 Å². The molecule has 1 heterocycles. The monoisotopic (exact) mass is 317 g/mol. The smallest absolute Gasteiger partial charge is 0.303 e. The summed E-state index contributed by atoms with van der Waals surface area (Å²) in [6.45, 7) is 0.389. The maximum Gasteiger partial charge on any atom is 0.303 e. The van der Waals surface area contributed by atoms with Gasteiger partial charge in [0.2, 0.25) is 5.91 Å². The molecular weight excluding hydrogens is 298 g/mol. The average molecular weight is 317 g/mol. The van der Waals surface area contributed by atoms with Gasteiger partial charge in [0, 0.05) is 13.0 Å². The van der Waals surface area contributed by atoms with Gasteiger partial charge in [-0.25, -0.2) is 4.98 Å². The Bertz CT molecular complexity index is 754. The minimum Gasteiger partial charge on any atom is -0.481 e. The number of benzene rings is 1. The van der Waals surface area contributed by atoms with Crippen molar-refractivity contribution >= 4 is 22.8 Å². The third-order valence-electron chi connectivity index (χ3n) is 3.44. The van der Waals surface area contributed by atoms with Gasteiger partial charge in [-0.05, 0) is 25.0 Å². The molecule has 0 saturated carbocycles. The van der Waals surface area contributed by atoms with Crippen LogP contribution in [0.15, 0.2) is 35.4 Å². The van der Waals surface area contributed by atoms with E-state index in [9.17, 15) is 14.4 Å². The first-order chi connectivity index (χ1) is 11.1. The fourth-order valence-electron chi connectivity index (χ4n) is 2.24. The van der Waals surface area contributed by atoms with Crippen molar-refractivity contribution in [1.82, 2.24) is 14.9 Å². The number of fused-ring (bicyclic) bond motifs is 1. The van der Waals surface area contributed by atoms with Crippen LogP contribution in [0.2, 0.25) is 0 Å². The second-order valence-corrected chi connectivity index (χ2v) is 5.25. The number of amides is 1. The molecule has 23 heavy (non-hydrogen) atoms. The van der Waals surface area contributed by atoms with E-state index in [4.69, 9.17) is 5.11 Å². The van der Waals surface area contributed by atoms with Crippen molar-refractivity contribution in [2.45, 2.75) is 32.2 Å². The Morgan fingerprint density at radius 3 is 2.74 bits per heavy atom. The first kappa shape index (κ1) is 16.7. The first-order valence-electron chi connectivity index (χ1n) is 7.50. The molecule has 1 aromatic heterocycles. The molecule has 0 radical (unpaired) electrons. The summed E-state index contributed by atoms with van der Waals surface area (Å²) in [4.78, 5) is 38.6. The fourth-order valence-corrected chi connectivity index (χ4v) is 2.24. The quantitative estimate of drug-likeness (QED) is 0.711. The molecule has 2 rings (SSSR count). The van der Waals surface area contributed by atoms with Crippen molar-refractivity contribution in [3.8, 4) is 0 Å². The molecule has 122 valence electrons. The number of aliphatic carboxylic acids is 1. The van der Waals surface area contributed by atoms with Crippen molar-refractivity contribution in [1.29, 1.82) is 0 Å². The molecule has 1 aromatic carbocycles. The van der Waals surface area contributed by atoms with Gasteiger partial charge in [0.25, 0.3) is 5.56 Å². The predicted molar refractivity (Wildman–Crippen MR) is 85.1 cm³/mol. The number of nitrogens with one attached hydrogen (secondary N) is 1. The molecular formula is C16H19N3O4. The lowest BCUT2D eigenvalue weighted by molar-refractivity contribution is -0.137. The maximum absolute atomic E-state index is 12.2. The minimum atomic E-state index is -0.808. The van der Waals surface area contributed by atoms with Crippen LogP contribution in [0.5, 0.6) is 0 Å². The zero-order valence-corrected chi connectivity index (χ0v) is 12.7. The highest BCUT2D eigenvalue weighted by Gasteiger charge is 2.07. The standard InChI is InChI=1S/C16H19N3O4/c20-14(17-9-5-1-2-8-15(21)22)10-19-11-18-13-7-4-3-6-12(13)16(19)23/h3-4,6-7,11H,1-2,5,8-10H2,(H,17,20)(H,21,22). The van der Waals surface area contributed by atoms with Gasteiger partial charge in [-0.3, -0.25) is 19.0 Å². The Hall–Kier alpha value is -2.70. The maximum atomic E-state index is 12.2. The number of rotatable bonds is 8. The van der Waals surface area contributed by atoms with E-state index in [0.29, 0.717) is 30.3 Å². The summed E-state index contributed by atoms with van der Waals surface area (Å²) < 4.78 is 1.28. The minimum absolute atomic E-state index is 0.0776. The van der Waals surface area contributed by atoms with Crippen molar-refractivity contribution in [2.75, 3.05) is 6.54 Å². The topological polar surface area (TPSA) is 101 Å². The Labute approximate surface area is 133 Å². The molecule has 0 saturated heterocycles. The second-order valence-electron chi connectivity index (χ2n) is 5.25. The molecule has 0 aliphatic carbocycles. The number of carbonyl (C=O) groups excluding carboxylic acids is 1. The van der Waals surface area contributed by atoms with Gasteiger partial charge in [-0.2, -0.15) is 0 Å². The van der Waals surface area contributed by atoms with E-state index in [-0.39, 0.29) is 24.4 Å². The molecule has 7 nitrogen and oxygen atoms in total. The van der Waals surface area contributed by atoms with Crippen molar-refractivity contribution in [3.63, 3.8) is 0 Å². The van der Waals surface area contributed by atoms with Crippen LogP contribution in [-0.4, -0.2) is 33.1 Å². The van der Waals surface area contributed by atoms with E-state index in [2.05, 4.69) is 10.3 Å². The third-order valence-corrected chi connectivity index (χ3v) is 3.44. The van der Waals surface area contributed by atoms with Gasteiger partial charge in [0.05, 0.1) is 17.2 Å². The van der Waals surface area contributed by atoms with Gasteiger partial charge in [-0.15, -0.1) is 0 Å². The summed E-state index contributed by atoms with van der Waals surface area (Å²) in [6.07, 6.45) is 3.57. The number of para-hydroxylation sites is 1. The zero-order chi connectivity index (χ0) is 16.7. The van der Waals surface area contributed by atoms with Crippen LogP contribution in [0.1, 0.15) is 25.7 Å². The largest absolute Gasteiger partial charge is 0.481 e. The molecule has 2 N–H and O–H groups in total. The molecule has 0 bridgehead atoms. The van der Waals surface area contributed by atoms with Crippen LogP contribution in [0, 0.1) is 0 Å². The predicted octanol–water partition coefficient (Wildman–Crippen LogP) is 1.16. The summed E-state index contributed by atoms with van der Waals surface area (Å²) in [7, 11) is 0. The lowest BCUT2D eigenvalue weighted by Gasteiger charge is -2.07. The third kappa shape index (κ3) is 4.91. The molecule has 0 fully saturated rings. The van der Waals surface area contributed by atoms with Crippen LogP contribution in [0.3, 0.4) is 0 Å². The summed E-state index contributed by atoms with van der Waals surface area (Å²) in [5.74, 6) is -1.07. The number of unbranched alkanes of at least 4 members (excludes halogenated alkanes) is 2. The highest BCUT2D eigenvalue weighted by Crippen LogP contribution is 2.04. The van der Waals surface area contributed by atoms with Crippen molar-refractivity contribution in [3.05, 3.63) is 40.9 Å². The van der Waals surface area contributed by atoms with E-state index in [1.54, 1.807) is 24.3 Å². The summed E-state index contributed by atoms with van der Waals surface area (Å²) in [5, 5.41) is 11.7. The molecule has 0 aliphatic heterocycles. The van der Waals surface area contributed by atoms with E-state index < -0.39 is 5.97 Å². The molecule has 1 amide bonds. The van der Waals surface area contributed by atoms with Gasteiger partial charge in [-0.1, -0.05) is 18.6 Å². The lowest BCUT2D eigenvalue weighted by atomic mass is 10.2. The average Bonchev–Trinajstić information content (AvgIpc) is 2.53. The molecule has 0 atom stereocenters. The molecule has 2 aromatic rings. The molecule has 7 heteroatoms. The van der Waals surface area contributed by atoms with E-state index in [1.165, 1.54) is 10.9 Å². The summed E-state index contributed by atoms with van der Waals surface area (Å²) in [5.41, 5.74) is 0.361. The zero-order valence-electron chi connectivity index (χ0n) is 12.7. The molecule has 0 spiro atoms. The van der Waals surface area contributed by atoms with Crippen LogP contribution < -0.4 is 10.9 Å². The number of aromatic nitrogens is 2. The summed E-state index contributed by atoms with van der Waals surface area (Å²) in [6, 6.07) is 6.99. The number of hydrogen-bond donors (Lipinski definition) is 2. The first-order valence-corrected chi connectivity index (χ1v) is 7.50. The second kappa shape index (κ2) is 8.07. The number of hydrogen-bond acceptors (Lipinski definition) is 4. The van der Waals surface area contributed by atoms with Gasteiger partial charge >= 0.3 is 5.97 Å². The Kier molecular flexibility index (Phi) is 5.85. The van der Waals surface area contributed by atoms with Crippen LogP contribution in [-0.2, 0) is 16.1 Å². The Morgan fingerprint density at radius 1 is 1.17 bits per heavy atom. The van der Waals surface area contributed by atoms with Gasteiger partial charge < -0.3 is 10.4 Å². The lowest BCUT2D eigenvalue weighted by Crippen LogP contribution is -2.33. The van der Waals surface area contributed by atoms with E-state index in [1.807, 2.05) is 0 Å². The number of carboxylic acid groups (broad SMARTS) is 1. The fraction of sp³-hybridized carbons (Fsp3) is 0.375. The summed E-state index contributed by atoms with van der Waals surface area (Å²) >= 11 is 0. The highest BCUT2D eigenvalue weighted by atomic mass is 16.4. The number of carbonyl (C=O) groups is 2. The molecule has 0 aliphatic rings. The number of carboxylic acids is 1. The Balaban J connectivity index is 1.83. The van der Waals surface area contributed by atoms with Crippen molar-refractivity contribution < 1.29 is 14.7 Å². The van der Waals surface area contributed by atoms with Crippen LogP contribution >= 0.6 is 0 Å². The van der Waals surface area contributed by atoms with Crippen molar-refractivity contribution in [2.24, 2.45) is 0 Å². The SMILES string of the molecule is O=C(O)CCCCCNC(=O)Cn1cnc2ccccc2c1=O.